The topological polar surface area (TPSA) is 54.0 Å². The van der Waals surface area contributed by atoms with Crippen LogP contribution in [0.25, 0.3) is 0 Å². The summed E-state index contributed by atoms with van der Waals surface area (Å²) >= 11 is 0. The lowest BCUT2D eigenvalue weighted by Gasteiger charge is -2.12. The number of carbonyl (C=O) groups is 1. The molecule has 1 amide bonds. The molecule has 92 valence electrons. The predicted octanol–water partition coefficient (Wildman–Crippen LogP) is 1.18. The van der Waals surface area contributed by atoms with E-state index in [0.29, 0.717) is 25.6 Å². The van der Waals surface area contributed by atoms with E-state index in [1.165, 1.54) is 5.56 Å². The van der Waals surface area contributed by atoms with Gasteiger partial charge in [-0.2, -0.15) is 0 Å². The average molecular weight is 233 g/mol. The van der Waals surface area contributed by atoms with Crippen LogP contribution in [0, 0.1) is 0 Å². The Labute approximate surface area is 102 Å². The van der Waals surface area contributed by atoms with Gasteiger partial charge in [0.25, 0.3) is 0 Å². The summed E-state index contributed by atoms with van der Waals surface area (Å²) in [6, 6.07) is 4.43. The van der Waals surface area contributed by atoms with E-state index in [1.54, 1.807) is 0 Å². The van der Waals surface area contributed by atoms with Crippen LogP contribution in [0.3, 0.4) is 0 Å². The summed E-state index contributed by atoms with van der Waals surface area (Å²) in [5.74, 6) is 0.110. The number of hydrogen-bond acceptors (Lipinski definition) is 3. The summed E-state index contributed by atoms with van der Waals surface area (Å²) < 4.78 is 0. The van der Waals surface area contributed by atoms with E-state index in [1.807, 2.05) is 19.2 Å². The highest BCUT2D eigenvalue weighted by molar-refractivity contribution is 5.75. The van der Waals surface area contributed by atoms with E-state index in [0.717, 1.165) is 18.5 Å². The maximum absolute atomic E-state index is 11.3. The summed E-state index contributed by atoms with van der Waals surface area (Å²) in [5, 5.41) is 6.20. The number of pyridine rings is 1. The number of rotatable bonds is 5. The van der Waals surface area contributed by atoms with Gasteiger partial charge in [0.05, 0.1) is 11.7 Å². The van der Waals surface area contributed by atoms with Crippen LogP contribution in [-0.2, 0) is 11.2 Å². The first kappa shape index (κ1) is 12.0. The van der Waals surface area contributed by atoms with Crippen LogP contribution < -0.4 is 10.6 Å². The van der Waals surface area contributed by atoms with Crippen LogP contribution in [-0.4, -0.2) is 24.0 Å². The zero-order valence-corrected chi connectivity index (χ0v) is 10.2. The number of aryl methyl sites for hydroxylation is 1. The SMILES string of the molecule is CCNC(=O)CCNC1CCc2cccnc21. The van der Waals surface area contributed by atoms with Gasteiger partial charge >= 0.3 is 0 Å². The van der Waals surface area contributed by atoms with Crippen molar-refractivity contribution in [2.75, 3.05) is 13.1 Å². The molecule has 1 unspecified atom stereocenters. The van der Waals surface area contributed by atoms with Crippen molar-refractivity contribution in [2.24, 2.45) is 0 Å². The molecule has 1 aliphatic carbocycles. The summed E-state index contributed by atoms with van der Waals surface area (Å²) in [4.78, 5) is 15.7. The second-order valence-corrected chi connectivity index (χ2v) is 4.30. The molecule has 1 atom stereocenters. The Morgan fingerprint density at radius 1 is 1.59 bits per heavy atom. The van der Waals surface area contributed by atoms with E-state index in [4.69, 9.17) is 0 Å². The number of nitrogens with one attached hydrogen (secondary N) is 2. The Hall–Kier alpha value is -1.42. The van der Waals surface area contributed by atoms with Crippen LogP contribution in [0.1, 0.15) is 37.1 Å². The van der Waals surface area contributed by atoms with E-state index < -0.39 is 0 Å². The molecule has 1 aromatic rings. The molecule has 0 saturated heterocycles. The van der Waals surface area contributed by atoms with E-state index >= 15 is 0 Å². The number of carbonyl (C=O) groups excluding carboxylic acids is 1. The molecule has 0 aliphatic heterocycles. The highest BCUT2D eigenvalue weighted by atomic mass is 16.1. The fraction of sp³-hybridized carbons (Fsp3) is 0.538. The maximum Gasteiger partial charge on any atom is 0.221 e. The highest BCUT2D eigenvalue weighted by Crippen LogP contribution is 2.28. The van der Waals surface area contributed by atoms with Crippen molar-refractivity contribution in [3.63, 3.8) is 0 Å². The predicted molar refractivity (Wildman–Crippen MR) is 66.6 cm³/mol. The molecule has 4 heteroatoms. The minimum atomic E-state index is 0.110. The Balaban J connectivity index is 1.80. The van der Waals surface area contributed by atoms with Crippen molar-refractivity contribution in [2.45, 2.75) is 32.2 Å². The molecule has 0 spiro atoms. The van der Waals surface area contributed by atoms with Crippen LogP contribution in [0.15, 0.2) is 18.3 Å². The third-order valence-electron chi connectivity index (χ3n) is 3.08. The summed E-state index contributed by atoms with van der Waals surface area (Å²) in [7, 11) is 0. The van der Waals surface area contributed by atoms with Crippen LogP contribution in [0.2, 0.25) is 0 Å². The Kier molecular flexibility index (Phi) is 4.09. The molecule has 17 heavy (non-hydrogen) atoms. The first-order valence-corrected chi connectivity index (χ1v) is 6.25. The van der Waals surface area contributed by atoms with Gasteiger partial charge in [-0.3, -0.25) is 9.78 Å². The molecular weight excluding hydrogens is 214 g/mol. The largest absolute Gasteiger partial charge is 0.356 e. The van der Waals surface area contributed by atoms with Crippen molar-refractivity contribution < 1.29 is 4.79 Å². The molecule has 0 radical (unpaired) electrons. The van der Waals surface area contributed by atoms with Gasteiger partial charge in [0.2, 0.25) is 5.91 Å². The number of nitrogens with zero attached hydrogens (tertiary/aromatic N) is 1. The average Bonchev–Trinajstić information content (AvgIpc) is 2.73. The molecule has 2 rings (SSSR count). The van der Waals surface area contributed by atoms with Gasteiger partial charge in [-0.25, -0.2) is 0 Å². The Morgan fingerprint density at radius 3 is 3.29 bits per heavy atom. The number of amides is 1. The Bertz CT molecular complexity index is 392. The van der Waals surface area contributed by atoms with E-state index in [-0.39, 0.29) is 5.91 Å². The van der Waals surface area contributed by atoms with Crippen molar-refractivity contribution >= 4 is 5.91 Å². The van der Waals surface area contributed by atoms with Crippen LogP contribution in [0.4, 0.5) is 0 Å². The second kappa shape index (κ2) is 5.77. The van der Waals surface area contributed by atoms with Crippen molar-refractivity contribution in [1.29, 1.82) is 0 Å². The smallest absolute Gasteiger partial charge is 0.221 e. The lowest BCUT2D eigenvalue weighted by molar-refractivity contribution is -0.120. The number of aromatic nitrogens is 1. The van der Waals surface area contributed by atoms with E-state index in [9.17, 15) is 4.79 Å². The van der Waals surface area contributed by atoms with Gasteiger partial charge in [-0.05, 0) is 31.4 Å². The molecular formula is C13H19N3O. The molecule has 1 aromatic heterocycles. The lowest BCUT2D eigenvalue weighted by Crippen LogP contribution is -2.29. The summed E-state index contributed by atoms with van der Waals surface area (Å²) in [5.41, 5.74) is 2.49. The standard InChI is InChI=1S/C13H19N3O/c1-2-14-12(17)7-9-15-11-6-5-10-4-3-8-16-13(10)11/h3-4,8,11,15H,2,5-7,9H2,1H3,(H,14,17). The highest BCUT2D eigenvalue weighted by Gasteiger charge is 2.22. The van der Waals surface area contributed by atoms with Gasteiger partial charge in [0, 0.05) is 25.7 Å². The molecule has 4 nitrogen and oxygen atoms in total. The molecule has 1 heterocycles. The van der Waals surface area contributed by atoms with Gasteiger partial charge in [0.1, 0.15) is 0 Å². The molecule has 0 saturated carbocycles. The van der Waals surface area contributed by atoms with Crippen molar-refractivity contribution in [3.05, 3.63) is 29.6 Å². The first-order valence-electron chi connectivity index (χ1n) is 6.25. The molecule has 2 N–H and O–H groups in total. The molecule has 1 aliphatic rings. The minimum absolute atomic E-state index is 0.110. The van der Waals surface area contributed by atoms with Crippen molar-refractivity contribution in [1.82, 2.24) is 15.6 Å². The minimum Gasteiger partial charge on any atom is -0.356 e. The summed E-state index contributed by atoms with van der Waals surface area (Å²) in [6.45, 7) is 3.35. The third kappa shape index (κ3) is 3.03. The van der Waals surface area contributed by atoms with E-state index in [2.05, 4.69) is 21.7 Å². The van der Waals surface area contributed by atoms with Gasteiger partial charge in [-0.1, -0.05) is 6.07 Å². The Morgan fingerprint density at radius 2 is 2.47 bits per heavy atom. The normalized spacial score (nSPS) is 17.8. The lowest BCUT2D eigenvalue weighted by atomic mass is 10.2. The molecule has 0 aromatic carbocycles. The zero-order chi connectivity index (χ0) is 12.1. The quantitative estimate of drug-likeness (QED) is 0.803. The molecule has 0 fully saturated rings. The summed E-state index contributed by atoms with van der Waals surface area (Å²) in [6.07, 6.45) is 4.54. The van der Waals surface area contributed by atoms with Crippen LogP contribution >= 0.6 is 0 Å². The second-order valence-electron chi connectivity index (χ2n) is 4.30. The fourth-order valence-electron chi connectivity index (χ4n) is 2.26. The van der Waals surface area contributed by atoms with Gasteiger partial charge < -0.3 is 10.6 Å². The van der Waals surface area contributed by atoms with Crippen LogP contribution in [0.5, 0.6) is 0 Å². The third-order valence-corrected chi connectivity index (χ3v) is 3.08. The van der Waals surface area contributed by atoms with Crippen molar-refractivity contribution in [3.8, 4) is 0 Å². The monoisotopic (exact) mass is 233 g/mol. The number of fused-ring (bicyclic) bond motifs is 1. The zero-order valence-electron chi connectivity index (χ0n) is 10.2. The van der Waals surface area contributed by atoms with Gasteiger partial charge in [0.15, 0.2) is 0 Å². The number of hydrogen-bond donors (Lipinski definition) is 2. The fourth-order valence-corrected chi connectivity index (χ4v) is 2.26. The first-order chi connectivity index (χ1) is 8.31. The van der Waals surface area contributed by atoms with Gasteiger partial charge in [-0.15, -0.1) is 0 Å². The molecule has 0 bridgehead atoms. The maximum atomic E-state index is 11.3.